The molecule has 3 aromatic heterocycles. The zero-order chi connectivity index (χ0) is 19.8. The standard InChI is InChI=1S/C20H26N8O/c1-25-13-16(10-23-25)17-14-28-18(2-5-22-28)20(24-17)26-7-3-15(4-8-26)12-27-9-6-21-11-19(27)29/h2,5,10,13-15,21H,3-4,6-9,11-12H2,1H3. The zero-order valence-electron chi connectivity index (χ0n) is 16.7. The fraction of sp³-hybridized carbons (Fsp3) is 0.500. The lowest BCUT2D eigenvalue weighted by Gasteiger charge is -2.37. The van der Waals surface area contributed by atoms with E-state index in [1.165, 1.54) is 0 Å². The first-order chi connectivity index (χ1) is 14.2. The number of aromatic nitrogens is 5. The molecule has 2 aliphatic rings. The third-order valence-corrected chi connectivity index (χ3v) is 5.95. The molecule has 0 spiro atoms. The van der Waals surface area contributed by atoms with Crippen molar-refractivity contribution in [2.75, 3.05) is 44.2 Å². The van der Waals surface area contributed by atoms with Gasteiger partial charge in [0.25, 0.3) is 0 Å². The molecule has 9 nitrogen and oxygen atoms in total. The minimum absolute atomic E-state index is 0.227. The smallest absolute Gasteiger partial charge is 0.236 e. The molecule has 0 aromatic carbocycles. The van der Waals surface area contributed by atoms with Gasteiger partial charge < -0.3 is 15.1 Å². The van der Waals surface area contributed by atoms with Crippen molar-refractivity contribution in [2.45, 2.75) is 12.8 Å². The van der Waals surface area contributed by atoms with Gasteiger partial charge in [0.15, 0.2) is 5.82 Å². The summed E-state index contributed by atoms with van der Waals surface area (Å²) < 4.78 is 3.68. The van der Waals surface area contributed by atoms with Crippen LogP contribution in [-0.4, -0.2) is 74.5 Å². The van der Waals surface area contributed by atoms with Crippen LogP contribution in [-0.2, 0) is 11.8 Å². The monoisotopic (exact) mass is 394 g/mol. The van der Waals surface area contributed by atoms with Crippen molar-refractivity contribution in [1.82, 2.24) is 34.6 Å². The number of piperidine rings is 1. The number of carbonyl (C=O) groups excluding carboxylic acids is 1. The molecule has 2 saturated heterocycles. The molecule has 2 fully saturated rings. The number of hydrogen-bond acceptors (Lipinski definition) is 6. The summed E-state index contributed by atoms with van der Waals surface area (Å²) in [5.41, 5.74) is 2.88. The molecule has 1 N–H and O–H groups in total. The number of nitrogens with zero attached hydrogens (tertiary/aromatic N) is 7. The lowest BCUT2D eigenvalue weighted by atomic mass is 9.96. The van der Waals surface area contributed by atoms with Gasteiger partial charge in [-0.2, -0.15) is 10.2 Å². The van der Waals surface area contributed by atoms with Gasteiger partial charge in [0.1, 0.15) is 5.52 Å². The minimum Gasteiger partial charge on any atom is -0.355 e. The van der Waals surface area contributed by atoms with Crippen LogP contribution in [0.25, 0.3) is 16.8 Å². The minimum atomic E-state index is 0.227. The summed E-state index contributed by atoms with van der Waals surface area (Å²) in [6.07, 6.45) is 9.71. The van der Waals surface area contributed by atoms with Crippen LogP contribution in [0.1, 0.15) is 12.8 Å². The molecular formula is C20H26N8O. The number of rotatable bonds is 4. The van der Waals surface area contributed by atoms with Gasteiger partial charge in [-0.25, -0.2) is 9.50 Å². The first kappa shape index (κ1) is 18.1. The number of fused-ring (bicyclic) bond motifs is 1. The van der Waals surface area contributed by atoms with Crippen molar-refractivity contribution in [1.29, 1.82) is 0 Å². The molecule has 2 aliphatic heterocycles. The van der Waals surface area contributed by atoms with Gasteiger partial charge in [0, 0.05) is 51.5 Å². The van der Waals surface area contributed by atoms with Crippen LogP contribution in [0.15, 0.2) is 30.9 Å². The van der Waals surface area contributed by atoms with E-state index >= 15 is 0 Å². The Morgan fingerprint density at radius 1 is 1.17 bits per heavy atom. The highest BCUT2D eigenvalue weighted by atomic mass is 16.2. The summed E-state index contributed by atoms with van der Waals surface area (Å²) in [7, 11) is 1.91. The number of aryl methyl sites for hydroxylation is 1. The summed E-state index contributed by atoms with van der Waals surface area (Å²) in [5, 5.41) is 11.9. The second kappa shape index (κ2) is 7.47. The quantitative estimate of drug-likeness (QED) is 0.704. The Morgan fingerprint density at radius 3 is 2.79 bits per heavy atom. The van der Waals surface area contributed by atoms with Crippen LogP contribution in [0.4, 0.5) is 5.82 Å². The lowest BCUT2D eigenvalue weighted by Crippen LogP contribution is -2.50. The highest BCUT2D eigenvalue weighted by Gasteiger charge is 2.26. The molecule has 0 bridgehead atoms. The van der Waals surface area contributed by atoms with Crippen LogP contribution in [0.3, 0.4) is 0 Å². The molecular weight excluding hydrogens is 368 g/mol. The van der Waals surface area contributed by atoms with E-state index in [0.29, 0.717) is 12.5 Å². The molecule has 5 rings (SSSR count). The van der Waals surface area contributed by atoms with Gasteiger partial charge in [0.2, 0.25) is 5.91 Å². The molecule has 0 aliphatic carbocycles. The van der Waals surface area contributed by atoms with E-state index < -0.39 is 0 Å². The van der Waals surface area contributed by atoms with Gasteiger partial charge in [-0.1, -0.05) is 0 Å². The maximum Gasteiger partial charge on any atom is 0.236 e. The van der Waals surface area contributed by atoms with Crippen LogP contribution in [0.2, 0.25) is 0 Å². The number of nitrogens with one attached hydrogen (secondary N) is 1. The van der Waals surface area contributed by atoms with Crippen molar-refractivity contribution in [3.05, 3.63) is 30.9 Å². The highest BCUT2D eigenvalue weighted by molar-refractivity contribution is 5.79. The topological polar surface area (TPSA) is 83.6 Å². The average molecular weight is 394 g/mol. The Hall–Kier alpha value is -2.94. The Morgan fingerprint density at radius 2 is 2.03 bits per heavy atom. The van der Waals surface area contributed by atoms with E-state index in [0.717, 1.165) is 68.2 Å². The number of piperazine rings is 1. The van der Waals surface area contributed by atoms with Gasteiger partial charge in [-0.15, -0.1) is 0 Å². The molecule has 0 unspecified atom stereocenters. The highest BCUT2D eigenvalue weighted by Crippen LogP contribution is 2.28. The van der Waals surface area contributed by atoms with Crippen LogP contribution in [0, 0.1) is 5.92 Å². The van der Waals surface area contributed by atoms with E-state index in [1.807, 2.05) is 47.3 Å². The Labute approximate surface area is 169 Å². The summed E-state index contributed by atoms with van der Waals surface area (Å²) in [5.74, 6) is 1.75. The molecule has 0 atom stereocenters. The Bertz CT molecular complexity index is 1020. The largest absolute Gasteiger partial charge is 0.355 e. The third kappa shape index (κ3) is 3.57. The first-order valence-corrected chi connectivity index (χ1v) is 10.2. The van der Waals surface area contributed by atoms with Crippen molar-refractivity contribution in [2.24, 2.45) is 13.0 Å². The van der Waals surface area contributed by atoms with Gasteiger partial charge in [-0.05, 0) is 24.8 Å². The summed E-state index contributed by atoms with van der Waals surface area (Å²) >= 11 is 0. The SMILES string of the molecule is Cn1cc(-c2cn3nccc3c(N3CCC(CN4CCNCC4=O)CC3)n2)cn1. The van der Waals surface area contributed by atoms with E-state index in [1.54, 1.807) is 4.68 Å². The molecule has 0 saturated carbocycles. The maximum absolute atomic E-state index is 12.1. The predicted octanol–water partition coefficient (Wildman–Crippen LogP) is 0.778. The van der Waals surface area contributed by atoms with Crippen molar-refractivity contribution in [3.8, 4) is 11.3 Å². The van der Waals surface area contributed by atoms with Crippen molar-refractivity contribution in [3.63, 3.8) is 0 Å². The first-order valence-electron chi connectivity index (χ1n) is 10.2. The second-order valence-corrected chi connectivity index (χ2v) is 7.96. The van der Waals surface area contributed by atoms with E-state index in [-0.39, 0.29) is 5.91 Å². The second-order valence-electron chi connectivity index (χ2n) is 7.96. The fourth-order valence-electron chi connectivity index (χ4n) is 4.31. The Balaban J connectivity index is 1.34. The predicted molar refractivity (Wildman–Crippen MR) is 110 cm³/mol. The van der Waals surface area contributed by atoms with Gasteiger partial charge in [0.05, 0.1) is 30.8 Å². The van der Waals surface area contributed by atoms with Crippen LogP contribution >= 0.6 is 0 Å². The summed E-state index contributed by atoms with van der Waals surface area (Å²) in [6.45, 7) is 4.95. The normalized spacial score (nSPS) is 18.7. The number of carbonyl (C=O) groups is 1. The number of amides is 1. The molecule has 1 amide bonds. The zero-order valence-corrected chi connectivity index (χ0v) is 16.7. The van der Waals surface area contributed by atoms with E-state index in [4.69, 9.17) is 4.98 Å². The van der Waals surface area contributed by atoms with E-state index in [2.05, 4.69) is 20.4 Å². The fourth-order valence-corrected chi connectivity index (χ4v) is 4.31. The molecule has 152 valence electrons. The molecule has 0 radical (unpaired) electrons. The maximum atomic E-state index is 12.1. The molecule has 3 aromatic rings. The Kier molecular flexibility index (Phi) is 4.67. The van der Waals surface area contributed by atoms with Crippen LogP contribution < -0.4 is 10.2 Å². The van der Waals surface area contributed by atoms with Gasteiger partial charge >= 0.3 is 0 Å². The number of anilines is 1. The third-order valence-electron chi connectivity index (χ3n) is 5.95. The summed E-state index contributed by atoms with van der Waals surface area (Å²) in [6, 6.07) is 2.01. The molecule has 29 heavy (non-hydrogen) atoms. The number of hydrogen-bond donors (Lipinski definition) is 1. The van der Waals surface area contributed by atoms with Crippen molar-refractivity contribution >= 4 is 17.2 Å². The lowest BCUT2D eigenvalue weighted by molar-refractivity contribution is -0.132. The molecule has 5 heterocycles. The van der Waals surface area contributed by atoms with Crippen molar-refractivity contribution < 1.29 is 4.79 Å². The van der Waals surface area contributed by atoms with Gasteiger partial charge in [-0.3, -0.25) is 9.48 Å². The van der Waals surface area contributed by atoms with Crippen LogP contribution in [0.5, 0.6) is 0 Å². The summed E-state index contributed by atoms with van der Waals surface area (Å²) in [4.78, 5) is 21.4. The molecule has 9 heteroatoms. The van der Waals surface area contributed by atoms with E-state index in [9.17, 15) is 4.79 Å². The average Bonchev–Trinajstić information content (AvgIpc) is 3.38.